The fourth-order valence-electron chi connectivity index (χ4n) is 1.66. The summed E-state index contributed by atoms with van der Waals surface area (Å²) < 4.78 is 29.9. The van der Waals surface area contributed by atoms with E-state index in [0.29, 0.717) is 16.2 Å². The minimum Gasteiger partial charge on any atom is -0.497 e. The molecule has 0 saturated heterocycles. The molecule has 0 amide bonds. The molecule has 0 aliphatic rings. The smallest absolute Gasteiger partial charge is 0.175 e. The number of hydrogen-bond acceptors (Lipinski definition) is 3. The van der Waals surface area contributed by atoms with Crippen LogP contribution in [0.3, 0.4) is 0 Å². The highest BCUT2D eigenvalue weighted by Gasteiger charge is 2.13. The number of carbonyl (C=O) groups excluding carboxylic acids is 1. The van der Waals surface area contributed by atoms with Crippen LogP contribution in [0.25, 0.3) is 0 Å². The van der Waals surface area contributed by atoms with E-state index in [1.54, 1.807) is 24.3 Å². The summed E-state index contributed by atoms with van der Waals surface area (Å²) in [6.45, 7) is 0. The molecule has 1 atom stereocenters. The lowest BCUT2D eigenvalue weighted by Crippen LogP contribution is -2.11. The number of halogens is 1. The van der Waals surface area contributed by atoms with E-state index in [1.165, 1.54) is 31.4 Å². The molecule has 0 aromatic heterocycles. The van der Waals surface area contributed by atoms with E-state index in [-0.39, 0.29) is 11.5 Å². The highest BCUT2D eigenvalue weighted by atomic mass is 32.2. The third-order valence-corrected chi connectivity index (χ3v) is 4.04. The minimum atomic E-state index is -1.45. The second-order valence-electron chi connectivity index (χ2n) is 4.10. The zero-order chi connectivity index (χ0) is 14.5. The van der Waals surface area contributed by atoms with Crippen LogP contribution in [0.1, 0.15) is 10.4 Å². The van der Waals surface area contributed by atoms with Gasteiger partial charge in [-0.2, -0.15) is 0 Å². The van der Waals surface area contributed by atoms with Crippen molar-refractivity contribution in [2.75, 3.05) is 12.9 Å². The molecule has 0 N–H and O–H groups in total. The van der Waals surface area contributed by atoms with Crippen LogP contribution in [-0.2, 0) is 10.8 Å². The predicted molar refractivity (Wildman–Crippen MR) is 75.0 cm³/mol. The quantitative estimate of drug-likeness (QED) is 0.796. The van der Waals surface area contributed by atoms with E-state index >= 15 is 0 Å². The number of rotatable bonds is 5. The Hall–Kier alpha value is -2.01. The molecule has 2 aromatic carbocycles. The number of Topliss-reactive ketones (excluding diaryl/α,β-unsaturated/α-hetero) is 1. The first kappa shape index (κ1) is 14.4. The molecule has 0 fully saturated rings. The molecule has 1 unspecified atom stereocenters. The van der Waals surface area contributed by atoms with Crippen molar-refractivity contribution in [2.24, 2.45) is 0 Å². The fraction of sp³-hybridized carbons (Fsp3) is 0.133. The van der Waals surface area contributed by atoms with Gasteiger partial charge in [0.1, 0.15) is 11.6 Å². The first-order chi connectivity index (χ1) is 9.60. The second kappa shape index (κ2) is 6.43. The Labute approximate surface area is 118 Å². The minimum absolute atomic E-state index is 0.140. The van der Waals surface area contributed by atoms with E-state index < -0.39 is 16.6 Å². The number of methoxy groups -OCH3 is 1. The fourth-order valence-corrected chi connectivity index (χ4v) is 2.71. The van der Waals surface area contributed by atoms with Crippen LogP contribution in [-0.4, -0.2) is 22.9 Å². The molecule has 0 aliphatic heterocycles. The van der Waals surface area contributed by atoms with Gasteiger partial charge in [-0.3, -0.25) is 9.00 Å². The predicted octanol–water partition coefficient (Wildman–Crippen LogP) is 2.82. The number of benzene rings is 2. The monoisotopic (exact) mass is 292 g/mol. The SMILES string of the molecule is COc1cccc(S(=O)CC(=O)c2ccc(F)cc2)c1. The molecule has 0 bridgehead atoms. The van der Waals surface area contributed by atoms with Gasteiger partial charge in [-0.05, 0) is 42.5 Å². The van der Waals surface area contributed by atoms with Crippen molar-refractivity contribution in [3.8, 4) is 5.75 Å². The summed E-state index contributed by atoms with van der Waals surface area (Å²) in [7, 11) is 0.0650. The van der Waals surface area contributed by atoms with Gasteiger partial charge in [0.15, 0.2) is 5.78 Å². The normalized spacial score (nSPS) is 11.9. The molecular formula is C15H13FO3S. The third kappa shape index (κ3) is 3.51. The average Bonchev–Trinajstić information content (AvgIpc) is 2.47. The molecule has 20 heavy (non-hydrogen) atoms. The number of ether oxygens (including phenoxy) is 1. The Morgan fingerprint density at radius 2 is 1.90 bits per heavy atom. The maximum Gasteiger partial charge on any atom is 0.175 e. The molecule has 2 rings (SSSR count). The van der Waals surface area contributed by atoms with Crippen LogP contribution in [0.2, 0.25) is 0 Å². The largest absolute Gasteiger partial charge is 0.497 e. The topological polar surface area (TPSA) is 43.4 Å². The molecule has 0 heterocycles. The zero-order valence-electron chi connectivity index (χ0n) is 10.8. The van der Waals surface area contributed by atoms with Crippen molar-refractivity contribution >= 4 is 16.6 Å². The van der Waals surface area contributed by atoms with Gasteiger partial charge in [0, 0.05) is 10.5 Å². The van der Waals surface area contributed by atoms with Crippen LogP contribution in [0.4, 0.5) is 4.39 Å². The molecule has 0 saturated carbocycles. The van der Waals surface area contributed by atoms with E-state index in [0.717, 1.165) is 0 Å². The standard InChI is InChI=1S/C15H13FO3S/c1-19-13-3-2-4-14(9-13)20(18)10-15(17)11-5-7-12(16)8-6-11/h2-9H,10H2,1H3. The van der Waals surface area contributed by atoms with Crippen LogP contribution in [0.5, 0.6) is 5.75 Å². The molecule has 5 heteroatoms. The van der Waals surface area contributed by atoms with Crippen molar-refractivity contribution in [1.29, 1.82) is 0 Å². The van der Waals surface area contributed by atoms with Crippen molar-refractivity contribution in [1.82, 2.24) is 0 Å². The Bertz CT molecular complexity index is 638. The van der Waals surface area contributed by atoms with E-state index in [4.69, 9.17) is 4.74 Å². The lowest BCUT2D eigenvalue weighted by molar-refractivity contribution is 0.102. The molecule has 3 nitrogen and oxygen atoms in total. The first-order valence-electron chi connectivity index (χ1n) is 5.91. The Morgan fingerprint density at radius 3 is 2.55 bits per heavy atom. The van der Waals surface area contributed by atoms with E-state index in [2.05, 4.69) is 0 Å². The van der Waals surface area contributed by atoms with Gasteiger partial charge < -0.3 is 4.74 Å². The maximum absolute atomic E-state index is 12.8. The lowest BCUT2D eigenvalue weighted by atomic mass is 10.1. The van der Waals surface area contributed by atoms with Gasteiger partial charge in [-0.25, -0.2) is 4.39 Å². The Morgan fingerprint density at radius 1 is 1.20 bits per heavy atom. The summed E-state index contributed by atoms with van der Waals surface area (Å²) in [4.78, 5) is 12.5. The van der Waals surface area contributed by atoms with Gasteiger partial charge in [-0.15, -0.1) is 0 Å². The highest BCUT2D eigenvalue weighted by molar-refractivity contribution is 7.85. The summed E-state index contributed by atoms with van der Waals surface area (Å²) >= 11 is 0. The summed E-state index contributed by atoms with van der Waals surface area (Å²) in [6.07, 6.45) is 0. The molecule has 104 valence electrons. The van der Waals surface area contributed by atoms with Gasteiger partial charge in [0.2, 0.25) is 0 Å². The van der Waals surface area contributed by atoms with Gasteiger partial charge in [0.25, 0.3) is 0 Å². The van der Waals surface area contributed by atoms with Crippen LogP contribution < -0.4 is 4.74 Å². The molecule has 0 aliphatic carbocycles. The summed E-state index contributed by atoms with van der Waals surface area (Å²) in [5.41, 5.74) is 0.350. The van der Waals surface area contributed by atoms with Gasteiger partial charge in [0.05, 0.1) is 23.7 Å². The van der Waals surface area contributed by atoms with Crippen molar-refractivity contribution < 1.29 is 18.1 Å². The highest BCUT2D eigenvalue weighted by Crippen LogP contribution is 2.16. The summed E-state index contributed by atoms with van der Waals surface area (Å²) in [6, 6.07) is 12.0. The molecule has 2 aromatic rings. The van der Waals surface area contributed by atoms with E-state index in [1.807, 2.05) is 0 Å². The lowest BCUT2D eigenvalue weighted by Gasteiger charge is -2.04. The maximum atomic E-state index is 12.8. The van der Waals surface area contributed by atoms with Crippen LogP contribution >= 0.6 is 0 Å². The molecule has 0 spiro atoms. The average molecular weight is 292 g/mol. The van der Waals surface area contributed by atoms with Crippen molar-refractivity contribution in [3.63, 3.8) is 0 Å². The zero-order valence-corrected chi connectivity index (χ0v) is 11.7. The number of ketones is 1. The summed E-state index contributed by atoms with van der Waals surface area (Å²) in [5.74, 6) is -0.245. The van der Waals surface area contributed by atoms with Crippen molar-refractivity contribution in [3.05, 3.63) is 59.9 Å². The van der Waals surface area contributed by atoms with Gasteiger partial charge >= 0.3 is 0 Å². The van der Waals surface area contributed by atoms with Crippen molar-refractivity contribution in [2.45, 2.75) is 4.90 Å². The summed E-state index contributed by atoms with van der Waals surface area (Å²) in [5, 5.41) is 0. The van der Waals surface area contributed by atoms with E-state index in [9.17, 15) is 13.4 Å². The second-order valence-corrected chi connectivity index (χ2v) is 5.55. The van der Waals surface area contributed by atoms with Crippen LogP contribution in [0, 0.1) is 5.82 Å². The molecular weight excluding hydrogens is 279 g/mol. The number of hydrogen-bond donors (Lipinski definition) is 0. The first-order valence-corrected chi connectivity index (χ1v) is 7.23. The number of carbonyl (C=O) groups is 1. The van der Waals surface area contributed by atoms with Crippen LogP contribution in [0.15, 0.2) is 53.4 Å². The Kier molecular flexibility index (Phi) is 4.63. The Balaban J connectivity index is 2.10. The van der Waals surface area contributed by atoms with Gasteiger partial charge in [-0.1, -0.05) is 6.07 Å². The molecule has 0 radical (unpaired) electrons. The third-order valence-electron chi connectivity index (χ3n) is 2.73.